The fraction of sp³-hybridized carbons (Fsp3) is 0.786. The molecule has 1 heterocycles. The average Bonchev–Trinajstić information content (AvgIpc) is 2.51. The highest BCUT2D eigenvalue weighted by Crippen LogP contribution is 2.48. The van der Waals surface area contributed by atoms with E-state index < -0.39 is 0 Å². The number of hydrogen-bond donors (Lipinski definition) is 0. The molecule has 4 atom stereocenters. The van der Waals surface area contributed by atoms with Crippen LogP contribution in [0.1, 0.15) is 46.5 Å². The Hall–Kier alpha value is -0.790. The van der Waals surface area contributed by atoms with Gasteiger partial charge < -0.3 is 4.74 Å². The third kappa shape index (κ3) is 2.02. The zero-order valence-corrected chi connectivity index (χ0v) is 10.5. The van der Waals surface area contributed by atoms with Gasteiger partial charge >= 0.3 is 5.97 Å². The number of allylic oxidation sites excluding steroid dienone is 2. The molecule has 0 bridgehead atoms. The largest absolute Gasteiger partial charge is 0.462 e. The maximum atomic E-state index is 11.5. The Morgan fingerprint density at radius 3 is 3.00 bits per heavy atom. The summed E-state index contributed by atoms with van der Waals surface area (Å²) in [5.74, 6) is 0.618. The molecule has 1 aliphatic heterocycles. The van der Waals surface area contributed by atoms with Crippen LogP contribution in [0.4, 0.5) is 0 Å². The Labute approximate surface area is 98.1 Å². The third-order valence-corrected chi connectivity index (χ3v) is 4.38. The van der Waals surface area contributed by atoms with Gasteiger partial charge in [0.05, 0.1) is 5.92 Å². The molecule has 1 saturated heterocycles. The van der Waals surface area contributed by atoms with Crippen LogP contribution in [0.25, 0.3) is 0 Å². The lowest BCUT2D eigenvalue weighted by atomic mass is 9.67. The van der Waals surface area contributed by atoms with Crippen LogP contribution < -0.4 is 0 Å². The van der Waals surface area contributed by atoms with E-state index in [9.17, 15) is 4.79 Å². The minimum atomic E-state index is 0.0188. The standard InChI is InChI=1S/C14H22O2/c1-4-5-7-14(3)8-6-11-10(2)13(15)16-12(11)9-14/h4-5,10-12H,6-9H2,1-3H3/b5-4+. The fourth-order valence-corrected chi connectivity index (χ4v) is 3.16. The Balaban J connectivity index is 2.03. The molecule has 0 amide bonds. The second-order valence-electron chi connectivity index (χ2n) is 5.75. The summed E-state index contributed by atoms with van der Waals surface area (Å²) in [6.45, 7) is 6.40. The van der Waals surface area contributed by atoms with E-state index in [0.717, 1.165) is 19.3 Å². The van der Waals surface area contributed by atoms with E-state index in [-0.39, 0.29) is 18.0 Å². The molecule has 0 aromatic rings. The van der Waals surface area contributed by atoms with E-state index in [1.54, 1.807) is 0 Å². The van der Waals surface area contributed by atoms with Crippen molar-refractivity contribution in [3.05, 3.63) is 12.2 Å². The smallest absolute Gasteiger partial charge is 0.309 e. The predicted molar refractivity (Wildman–Crippen MR) is 63.9 cm³/mol. The minimum Gasteiger partial charge on any atom is -0.462 e. The van der Waals surface area contributed by atoms with Crippen molar-refractivity contribution in [1.82, 2.24) is 0 Å². The molecule has 16 heavy (non-hydrogen) atoms. The highest BCUT2D eigenvalue weighted by Gasteiger charge is 2.47. The molecular weight excluding hydrogens is 200 g/mol. The van der Waals surface area contributed by atoms with Crippen LogP contribution in [-0.2, 0) is 9.53 Å². The molecule has 2 nitrogen and oxygen atoms in total. The molecule has 2 heteroatoms. The Bertz CT molecular complexity index is 308. The highest BCUT2D eigenvalue weighted by molar-refractivity contribution is 5.74. The second kappa shape index (κ2) is 4.23. The van der Waals surface area contributed by atoms with Crippen LogP contribution in [0.3, 0.4) is 0 Å². The van der Waals surface area contributed by atoms with E-state index >= 15 is 0 Å². The molecule has 0 radical (unpaired) electrons. The molecule has 2 fully saturated rings. The van der Waals surface area contributed by atoms with E-state index in [4.69, 9.17) is 4.74 Å². The third-order valence-electron chi connectivity index (χ3n) is 4.38. The van der Waals surface area contributed by atoms with Gasteiger partial charge in [-0.2, -0.15) is 0 Å². The number of fused-ring (bicyclic) bond motifs is 1. The summed E-state index contributed by atoms with van der Waals surface area (Å²) in [6.07, 6.45) is 9.05. The van der Waals surface area contributed by atoms with Crippen molar-refractivity contribution in [2.75, 3.05) is 0 Å². The van der Waals surface area contributed by atoms with Gasteiger partial charge in [0.25, 0.3) is 0 Å². The van der Waals surface area contributed by atoms with Gasteiger partial charge in [-0.1, -0.05) is 26.0 Å². The van der Waals surface area contributed by atoms with Crippen LogP contribution >= 0.6 is 0 Å². The normalized spacial score (nSPS) is 43.4. The van der Waals surface area contributed by atoms with Crippen molar-refractivity contribution in [3.8, 4) is 0 Å². The first-order valence-electron chi connectivity index (χ1n) is 6.37. The Morgan fingerprint density at radius 2 is 2.31 bits per heavy atom. The zero-order valence-electron chi connectivity index (χ0n) is 10.5. The van der Waals surface area contributed by atoms with Crippen molar-refractivity contribution in [1.29, 1.82) is 0 Å². The first-order valence-corrected chi connectivity index (χ1v) is 6.37. The summed E-state index contributed by atoms with van der Waals surface area (Å²) in [6, 6.07) is 0. The van der Waals surface area contributed by atoms with Crippen LogP contribution in [0.2, 0.25) is 0 Å². The molecule has 0 N–H and O–H groups in total. The lowest BCUT2D eigenvalue weighted by molar-refractivity contribution is -0.145. The quantitative estimate of drug-likeness (QED) is 0.529. The lowest BCUT2D eigenvalue weighted by Gasteiger charge is -2.38. The van der Waals surface area contributed by atoms with E-state index in [2.05, 4.69) is 26.0 Å². The van der Waals surface area contributed by atoms with Crippen molar-refractivity contribution in [2.45, 2.75) is 52.6 Å². The van der Waals surface area contributed by atoms with Crippen LogP contribution in [0.15, 0.2) is 12.2 Å². The molecule has 0 aromatic carbocycles. The molecule has 2 aliphatic rings. The average molecular weight is 222 g/mol. The van der Waals surface area contributed by atoms with Crippen molar-refractivity contribution in [3.63, 3.8) is 0 Å². The Morgan fingerprint density at radius 1 is 1.56 bits per heavy atom. The molecular formula is C14H22O2. The second-order valence-corrected chi connectivity index (χ2v) is 5.75. The molecule has 0 spiro atoms. The van der Waals surface area contributed by atoms with Crippen LogP contribution in [0, 0.1) is 17.3 Å². The van der Waals surface area contributed by atoms with E-state index in [1.165, 1.54) is 6.42 Å². The maximum Gasteiger partial charge on any atom is 0.309 e. The van der Waals surface area contributed by atoms with Crippen LogP contribution in [0.5, 0.6) is 0 Å². The summed E-state index contributed by atoms with van der Waals surface area (Å²) in [5, 5.41) is 0. The van der Waals surface area contributed by atoms with Gasteiger partial charge in [-0.15, -0.1) is 0 Å². The summed E-state index contributed by atoms with van der Waals surface area (Å²) >= 11 is 0. The maximum absolute atomic E-state index is 11.5. The van der Waals surface area contributed by atoms with Gasteiger partial charge in [-0.25, -0.2) is 0 Å². The lowest BCUT2D eigenvalue weighted by Crippen LogP contribution is -2.34. The van der Waals surface area contributed by atoms with Crippen molar-refractivity contribution < 1.29 is 9.53 Å². The monoisotopic (exact) mass is 222 g/mol. The zero-order chi connectivity index (χ0) is 11.8. The van der Waals surface area contributed by atoms with E-state index in [0.29, 0.717) is 11.3 Å². The SMILES string of the molecule is C/C=C/CC1(C)CCC2C(C1)OC(=O)C2C. The van der Waals surface area contributed by atoms with Crippen molar-refractivity contribution >= 4 is 5.97 Å². The first kappa shape index (κ1) is 11.7. The number of rotatable bonds is 2. The molecule has 90 valence electrons. The van der Waals surface area contributed by atoms with Gasteiger partial charge in [0.2, 0.25) is 0 Å². The molecule has 0 aromatic heterocycles. The van der Waals surface area contributed by atoms with Crippen LogP contribution in [-0.4, -0.2) is 12.1 Å². The fourth-order valence-electron chi connectivity index (χ4n) is 3.16. The summed E-state index contributed by atoms with van der Waals surface area (Å²) in [4.78, 5) is 11.5. The molecule has 2 rings (SSSR count). The van der Waals surface area contributed by atoms with E-state index in [1.807, 2.05) is 6.92 Å². The number of hydrogen-bond acceptors (Lipinski definition) is 2. The highest BCUT2D eigenvalue weighted by atomic mass is 16.6. The van der Waals surface area contributed by atoms with Gasteiger partial charge in [-0.3, -0.25) is 4.79 Å². The summed E-state index contributed by atoms with van der Waals surface area (Å²) < 4.78 is 5.49. The Kier molecular flexibility index (Phi) is 3.09. The molecule has 1 aliphatic carbocycles. The number of carbonyl (C=O) groups is 1. The number of carbonyl (C=O) groups excluding carboxylic acids is 1. The summed E-state index contributed by atoms with van der Waals surface area (Å²) in [7, 11) is 0. The number of esters is 1. The first-order chi connectivity index (χ1) is 7.56. The minimum absolute atomic E-state index is 0.0188. The predicted octanol–water partition coefficient (Wildman–Crippen LogP) is 3.32. The van der Waals surface area contributed by atoms with Gasteiger partial charge in [0.15, 0.2) is 0 Å². The molecule has 4 unspecified atom stereocenters. The number of ether oxygens (including phenoxy) is 1. The van der Waals surface area contributed by atoms with Crippen molar-refractivity contribution in [2.24, 2.45) is 17.3 Å². The molecule has 1 saturated carbocycles. The van der Waals surface area contributed by atoms with Gasteiger partial charge in [0.1, 0.15) is 6.10 Å². The van der Waals surface area contributed by atoms with Gasteiger partial charge in [-0.05, 0) is 38.0 Å². The van der Waals surface area contributed by atoms with Gasteiger partial charge in [0, 0.05) is 5.92 Å². The topological polar surface area (TPSA) is 26.3 Å². The summed E-state index contributed by atoms with van der Waals surface area (Å²) in [5.41, 5.74) is 0.331.